The number of carbonyl (C=O) groups is 1. The highest BCUT2D eigenvalue weighted by atomic mass is 32.1. The van der Waals surface area contributed by atoms with Crippen molar-refractivity contribution in [3.63, 3.8) is 0 Å². The number of ether oxygens (including phenoxy) is 1. The Morgan fingerprint density at radius 3 is 2.75 bits per heavy atom. The van der Waals surface area contributed by atoms with Crippen LogP contribution < -0.4 is 10.6 Å². The van der Waals surface area contributed by atoms with Gasteiger partial charge < -0.3 is 20.3 Å². The molecule has 1 aliphatic rings. The van der Waals surface area contributed by atoms with Crippen molar-refractivity contribution in [2.75, 3.05) is 44.9 Å². The molecule has 1 unspecified atom stereocenters. The normalized spacial score (nSPS) is 18.9. The summed E-state index contributed by atoms with van der Waals surface area (Å²) in [6.45, 7) is 1.40. The highest BCUT2D eigenvalue weighted by Crippen LogP contribution is 2.28. The van der Waals surface area contributed by atoms with Gasteiger partial charge in [0.05, 0.1) is 6.10 Å². The molecule has 1 saturated heterocycles. The average Bonchev–Trinajstić information content (AvgIpc) is 2.81. The molecule has 1 aliphatic heterocycles. The van der Waals surface area contributed by atoms with E-state index >= 15 is 0 Å². The Morgan fingerprint density at radius 2 is 2.20 bits per heavy atom. The largest absolute Gasteiger partial charge is 0.382 e. The number of nitrogens with two attached hydrogens (primary N) is 1. The van der Waals surface area contributed by atoms with E-state index in [-0.39, 0.29) is 12.0 Å². The molecule has 1 amide bonds. The summed E-state index contributed by atoms with van der Waals surface area (Å²) < 4.78 is 5.66. The summed E-state index contributed by atoms with van der Waals surface area (Å²) in [6, 6.07) is 0. The summed E-state index contributed by atoms with van der Waals surface area (Å²) in [4.78, 5) is 20.7. The summed E-state index contributed by atoms with van der Waals surface area (Å²) in [5.74, 6) is 0.224. The second kappa shape index (κ2) is 6.41. The predicted octanol–water partition coefficient (Wildman–Crippen LogP) is 1.43. The fourth-order valence-electron chi connectivity index (χ4n) is 2.18. The summed E-state index contributed by atoms with van der Waals surface area (Å²) in [7, 11) is 5.55. The molecule has 6 nitrogen and oxygen atoms in total. The van der Waals surface area contributed by atoms with Crippen LogP contribution in [0.25, 0.3) is 0 Å². The zero-order valence-corrected chi connectivity index (χ0v) is 13.1. The standard InChI is InChI=1S/C13H22N4O2S/c1-16(2)13-15-11(14)10(20-13)12(18)17(3)8-9-6-4-5-7-19-9/h9H,4-8,14H2,1-3H3. The van der Waals surface area contributed by atoms with E-state index in [4.69, 9.17) is 10.5 Å². The van der Waals surface area contributed by atoms with Crippen LogP contribution in [0, 0.1) is 0 Å². The number of hydrogen-bond donors (Lipinski definition) is 1. The van der Waals surface area contributed by atoms with Gasteiger partial charge in [-0.3, -0.25) is 4.79 Å². The lowest BCUT2D eigenvalue weighted by Gasteiger charge is -2.27. The number of thiazole rings is 1. The van der Waals surface area contributed by atoms with Crippen molar-refractivity contribution in [3.05, 3.63) is 4.88 Å². The van der Waals surface area contributed by atoms with Crippen molar-refractivity contribution in [2.45, 2.75) is 25.4 Å². The Balaban J connectivity index is 2.02. The molecule has 112 valence electrons. The van der Waals surface area contributed by atoms with E-state index in [0.717, 1.165) is 24.6 Å². The SMILES string of the molecule is CN(CC1CCCCO1)C(=O)c1sc(N(C)C)nc1N. The molecule has 7 heteroatoms. The van der Waals surface area contributed by atoms with Crippen molar-refractivity contribution in [1.29, 1.82) is 0 Å². The molecule has 1 aromatic heterocycles. The number of anilines is 2. The quantitative estimate of drug-likeness (QED) is 0.910. The van der Waals surface area contributed by atoms with E-state index in [1.54, 1.807) is 11.9 Å². The van der Waals surface area contributed by atoms with E-state index in [1.165, 1.54) is 17.8 Å². The molecule has 0 saturated carbocycles. The first kappa shape index (κ1) is 15.1. The molecule has 0 radical (unpaired) electrons. The van der Waals surface area contributed by atoms with E-state index in [2.05, 4.69) is 4.98 Å². The van der Waals surface area contributed by atoms with Crippen molar-refractivity contribution < 1.29 is 9.53 Å². The van der Waals surface area contributed by atoms with Gasteiger partial charge in [0, 0.05) is 34.3 Å². The summed E-state index contributed by atoms with van der Waals surface area (Å²) >= 11 is 1.32. The molecule has 0 aromatic carbocycles. The van der Waals surface area contributed by atoms with E-state index in [0.29, 0.717) is 17.2 Å². The first-order chi connectivity index (χ1) is 9.49. The lowest BCUT2D eigenvalue weighted by atomic mass is 10.1. The highest BCUT2D eigenvalue weighted by Gasteiger charge is 2.23. The maximum atomic E-state index is 12.4. The minimum atomic E-state index is -0.0812. The summed E-state index contributed by atoms with van der Waals surface area (Å²) in [6.07, 6.45) is 3.43. The van der Waals surface area contributed by atoms with Crippen LogP contribution in [0.15, 0.2) is 0 Å². The van der Waals surface area contributed by atoms with Gasteiger partial charge in [0.1, 0.15) is 10.7 Å². The van der Waals surface area contributed by atoms with E-state index in [1.807, 2.05) is 19.0 Å². The van der Waals surface area contributed by atoms with Gasteiger partial charge in [-0.15, -0.1) is 0 Å². The number of aromatic nitrogens is 1. The Hall–Kier alpha value is -1.34. The van der Waals surface area contributed by atoms with Gasteiger partial charge >= 0.3 is 0 Å². The van der Waals surface area contributed by atoms with Gasteiger partial charge in [0.25, 0.3) is 5.91 Å². The Labute approximate surface area is 123 Å². The molecule has 1 fully saturated rings. The van der Waals surface area contributed by atoms with Crippen molar-refractivity contribution >= 4 is 28.2 Å². The molecule has 0 bridgehead atoms. The minimum Gasteiger partial charge on any atom is -0.382 e. The fraction of sp³-hybridized carbons (Fsp3) is 0.692. The first-order valence-corrected chi connectivity index (χ1v) is 7.61. The number of nitrogen functional groups attached to an aromatic ring is 1. The second-order valence-electron chi connectivity index (χ2n) is 5.28. The van der Waals surface area contributed by atoms with E-state index < -0.39 is 0 Å². The molecule has 2 heterocycles. The predicted molar refractivity (Wildman–Crippen MR) is 81.4 cm³/mol. The van der Waals surface area contributed by atoms with Crippen LogP contribution in [0.4, 0.5) is 10.9 Å². The highest BCUT2D eigenvalue weighted by molar-refractivity contribution is 7.18. The third kappa shape index (κ3) is 3.40. The molecule has 2 rings (SSSR count). The lowest BCUT2D eigenvalue weighted by Crippen LogP contribution is -2.37. The van der Waals surface area contributed by atoms with Gasteiger partial charge in [-0.25, -0.2) is 4.98 Å². The zero-order chi connectivity index (χ0) is 14.7. The van der Waals surface area contributed by atoms with Crippen LogP contribution >= 0.6 is 11.3 Å². The van der Waals surface area contributed by atoms with Crippen LogP contribution in [0.1, 0.15) is 28.9 Å². The van der Waals surface area contributed by atoms with Crippen LogP contribution in [0.2, 0.25) is 0 Å². The van der Waals surface area contributed by atoms with Crippen molar-refractivity contribution in [3.8, 4) is 0 Å². The van der Waals surface area contributed by atoms with Crippen molar-refractivity contribution in [2.24, 2.45) is 0 Å². The lowest BCUT2D eigenvalue weighted by molar-refractivity contribution is -0.0000881. The van der Waals surface area contributed by atoms with Gasteiger partial charge in [0.15, 0.2) is 5.13 Å². The maximum Gasteiger partial charge on any atom is 0.267 e. The number of likely N-dealkylation sites (N-methyl/N-ethyl adjacent to an activating group) is 1. The molecule has 1 aromatic rings. The topological polar surface area (TPSA) is 71.7 Å². The number of amides is 1. The maximum absolute atomic E-state index is 12.4. The molecule has 0 spiro atoms. The second-order valence-corrected chi connectivity index (χ2v) is 6.26. The monoisotopic (exact) mass is 298 g/mol. The van der Waals surface area contributed by atoms with Gasteiger partial charge in [-0.2, -0.15) is 0 Å². The number of nitrogens with zero attached hydrogens (tertiary/aromatic N) is 3. The Kier molecular flexibility index (Phi) is 4.82. The third-order valence-electron chi connectivity index (χ3n) is 3.32. The molecular formula is C13H22N4O2S. The van der Waals surface area contributed by atoms with Crippen LogP contribution in [0.3, 0.4) is 0 Å². The Morgan fingerprint density at radius 1 is 1.45 bits per heavy atom. The average molecular weight is 298 g/mol. The summed E-state index contributed by atoms with van der Waals surface area (Å²) in [5.41, 5.74) is 5.84. The molecule has 1 atom stereocenters. The van der Waals surface area contributed by atoms with Crippen LogP contribution in [-0.2, 0) is 4.74 Å². The number of rotatable bonds is 4. The molecule has 20 heavy (non-hydrogen) atoms. The Bertz CT molecular complexity index is 469. The molecule has 0 aliphatic carbocycles. The van der Waals surface area contributed by atoms with E-state index in [9.17, 15) is 4.79 Å². The van der Waals surface area contributed by atoms with Gasteiger partial charge in [0.2, 0.25) is 0 Å². The third-order valence-corrected chi connectivity index (χ3v) is 4.54. The van der Waals surface area contributed by atoms with Crippen LogP contribution in [-0.4, -0.2) is 56.2 Å². The fourth-order valence-corrected chi connectivity index (χ4v) is 3.08. The zero-order valence-electron chi connectivity index (χ0n) is 12.3. The molecular weight excluding hydrogens is 276 g/mol. The number of hydrogen-bond acceptors (Lipinski definition) is 6. The van der Waals surface area contributed by atoms with Gasteiger partial charge in [-0.1, -0.05) is 11.3 Å². The smallest absolute Gasteiger partial charge is 0.267 e. The van der Waals surface area contributed by atoms with Crippen LogP contribution in [0.5, 0.6) is 0 Å². The van der Waals surface area contributed by atoms with Gasteiger partial charge in [-0.05, 0) is 19.3 Å². The first-order valence-electron chi connectivity index (χ1n) is 6.79. The van der Waals surface area contributed by atoms with Crippen molar-refractivity contribution in [1.82, 2.24) is 9.88 Å². The number of carbonyl (C=O) groups excluding carboxylic acids is 1. The summed E-state index contributed by atoms with van der Waals surface area (Å²) in [5, 5.41) is 0.744. The molecule has 2 N–H and O–H groups in total. The minimum absolute atomic E-state index is 0.0812.